The Bertz CT molecular complexity index is 789. The first-order valence-corrected chi connectivity index (χ1v) is 6.74. The summed E-state index contributed by atoms with van der Waals surface area (Å²) in [4.78, 5) is 12.5. The Hall–Kier alpha value is -2.66. The molecule has 0 aliphatic rings. The third-order valence-electron chi connectivity index (χ3n) is 3.08. The maximum Gasteiger partial charge on any atom is 0.291 e. The van der Waals surface area contributed by atoms with Crippen LogP contribution in [0.4, 0.5) is 5.69 Å². The molecule has 2 aromatic carbocycles. The topological polar surface area (TPSA) is 68.3 Å². The first kappa shape index (κ1) is 13.3. The molecule has 0 saturated heterocycles. The van der Waals surface area contributed by atoms with Crippen LogP contribution in [0, 0.1) is 0 Å². The minimum absolute atomic E-state index is 0.273. The van der Waals surface area contributed by atoms with E-state index in [9.17, 15) is 4.79 Å². The first-order valence-electron chi connectivity index (χ1n) is 6.33. The maximum absolute atomic E-state index is 12.1. The second-order valence-electron chi connectivity index (χ2n) is 4.54. The average molecular weight is 296 g/mol. The number of amides is 1. The van der Waals surface area contributed by atoms with Crippen LogP contribution in [0.15, 0.2) is 59.0 Å². The highest BCUT2D eigenvalue weighted by Gasteiger charge is 2.12. The maximum atomic E-state index is 12.1. The lowest BCUT2D eigenvalue weighted by atomic mass is 10.2. The summed E-state index contributed by atoms with van der Waals surface area (Å²) in [7, 11) is 0. The van der Waals surface area contributed by atoms with E-state index in [1.54, 1.807) is 30.3 Å². The predicted molar refractivity (Wildman–Crippen MR) is 86.5 cm³/mol. The molecule has 21 heavy (non-hydrogen) atoms. The monoisotopic (exact) mass is 296 g/mol. The van der Waals surface area contributed by atoms with Crippen molar-refractivity contribution in [3.8, 4) is 0 Å². The van der Waals surface area contributed by atoms with E-state index in [4.69, 9.17) is 22.4 Å². The molecule has 0 unspecified atom stereocenters. The molecule has 0 atom stereocenters. The number of para-hydroxylation sites is 1. The van der Waals surface area contributed by atoms with Crippen LogP contribution in [0.3, 0.4) is 0 Å². The van der Waals surface area contributed by atoms with Crippen LogP contribution in [0.25, 0.3) is 11.0 Å². The lowest BCUT2D eigenvalue weighted by Gasteiger charge is -2.04. The summed E-state index contributed by atoms with van der Waals surface area (Å²) >= 11 is 4.88. The van der Waals surface area contributed by atoms with Crippen LogP contribution in [-0.4, -0.2) is 10.9 Å². The van der Waals surface area contributed by atoms with Gasteiger partial charge in [0.05, 0.1) is 0 Å². The second-order valence-corrected chi connectivity index (χ2v) is 4.98. The Morgan fingerprint density at radius 2 is 1.81 bits per heavy atom. The van der Waals surface area contributed by atoms with Gasteiger partial charge in [-0.2, -0.15) is 0 Å². The van der Waals surface area contributed by atoms with Gasteiger partial charge in [-0.15, -0.1) is 0 Å². The quantitative estimate of drug-likeness (QED) is 0.728. The van der Waals surface area contributed by atoms with Gasteiger partial charge in [-0.05, 0) is 36.4 Å². The van der Waals surface area contributed by atoms with E-state index < -0.39 is 0 Å². The molecule has 0 fully saturated rings. The number of benzene rings is 2. The summed E-state index contributed by atoms with van der Waals surface area (Å²) in [6, 6.07) is 16.2. The summed E-state index contributed by atoms with van der Waals surface area (Å²) in [6.07, 6.45) is 0. The van der Waals surface area contributed by atoms with E-state index in [0.29, 0.717) is 16.3 Å². The van der Waals surface area contributed by atoms with Gasteiger partial charge in [0.1, 0.15) is 10.6 Å². The number of fused-ring (bicyclic) bond motifs is 1. The number of hydrogen-bond donors (Lipinski definition) is 2. The van der Waals surface area contributed by atoms with Crippen molar-refractivity contribution < 1.29 is 9.21 Å². The average Bonchev–Trinajstić information content (AvgIpc) is 2.92. The molecule has 1 amide bonds. The zero-order valence-electron chi connectivity index (χ0n) is 11.0. The van der Waals surface area contributed by atoms with Gasteiger partial charge >= 0.3 is 0 Å². The van der Waals surface area contributed by atoms with Gasteiger partial charge in [0, 0.05) is 16.6 Å². The van der Waals surface area contributed by atoms with Crippen LogP contribution in [0.2, 0.25) is 0 Å². The number of carbonyl (C=O) groups excluding carboxylic acids is 1. The van der Waals surface area contributed by atoms with Crippen molar-refractivity contribution in [1.82, 2.24) is 0 Å². The Kier molecular flexibility index (Phi) is 3.41. The molecule has 104 valence electrons. The van der Waals surface area contributed by atoms with E-state index in [-0.39, 0.29) is 11.7 Å². The molecule has 0 aliphatic heterocycles. The molecular weight excluding hydrogens is 284 g/mol. The largest absolute Gasteiger partial charge is 0.451 e. The lowest BCUT2D eigenvalue weighted by molar-refractivity contribution is 0.0998. The Morgan fingerprint density at radius 3 is 2.48 bits per heavy atom. The Morgan fingerprint density at radius 1 is 1.10 bits per heavy atom. The van der Waals surface area contributed by atoms with Crippen molar-refractivity contribution in [2.45, 2.75) is 0 Å². The van der Waals surface area contributed by atoms with E-state index in [2.05, 4.69) is 5.32 Å². The molecule has 5 heteroatoms. The number of anilines is 1. The van der Waals surface area contributed by atoms with E-state index in [1.165, 1.54) is 0 Å². The molecule has 0 saturated carbocycles. The summed E-state index contributed by atoms with van der Waals surface area (Å²) < 4.78 is 5.51. The fourth-order valence-electron chi connectivity index (χ4n) is 2.00. The molecule has 3 N–H and O–H groups in total. The van der Waals surface area contributed by atoms with Crippen molar-refractivity contribution in [2.24, 2.45) is 5.73 Å². The molecule has 0 bridgehead atoms. The molecule has 3 rings (SSSR count). The minimum Gasteiger partial charge on any atom is -0.451 e. The summed E-state index contributed by atoms with van der Waals surface area (Å²) in [5.41, 5.74) is 7.62. The molecule has 1 heterocycles. The molecule has 3 aromatic rings. The first-order chi connectivity index (χ1) is 10.1. The number of rotatable bonds is 3. The van der Waals surface area contributed by atoms with E-state index >= 15 is 0 Å². The van der Waals surface area contributed by atoms with Gasteiger partial charge in [0.25, 0.3) is 5.91 Å². The van der Waals surface area contributed by atoms with Crippen LogP contribution in [0.5, 0.6) is 0 Å². The molecule has 0 aliphatic carbocycles. The minimum atomic E-state index is -0.297. The standard InChI is InChI=1S/C16H12N2O2S/c17-15(21)10-5-7-12(8-6-10)18-16(19)14-9-11-3-1-2-4-13(11)20-14/h1-9H,(H2,17,21)(H,18,19). The van der Waals surface area contributed by atoms with Gasteiger partial charge in [0.2, 0.25) is 0 Å². The summed E-state index contributed by atoms with van der Waals surface area (Å²) in [5.74, 6) is -0.0242. The number of nitrogens with two attached hydrogens (primary N) is 1. The fraction of sp³-hybridized carbons (Fsp3) is 0. The molecule has 4 nitrogen and oxygen atoms in total. The zero-order chi connectivity index (χ0) is 14.8. The van der Waals surface area contributed by atoms with Crippen molar-refractivity contribution >= 4 is 39.8 Å². The lowest BCUT2D eigenvalue weighted by Crippen LogP contribution is -2.12. The molecule has 1 aromatic heterocycles. The van der Waals surface area contributed by atoms with Crippen LogP contribution < -0.4 is 11.1 Å². The normalized spacial score (nSPS) is 10.5. The van der Waals surface area contributed by atoms with Gasteiger partial charge in [0.15, 0.2) is 5.76 Å². The third kappa shape index (κ3) is 2.78. The van der Waals surface area contributed by atoms with Gasteiger partial charge in [-0.25, -0.2) is 0 Å². The van der Waals surface area contributed by atoms with Gasteiger partial charge in [-0.3, -0.25) is 4.79 Å². The van der Waals surface area contributed by atoms with Crippen molar-refractivity contribution in [3.63, 3.8) is 0 Å². The summed E-state index contributed by atoms with van der Waals surface area (Å²) in [5, 5.41) is 3.66. The van der Waals surface area contributed by atoms with E-state index in [1.807, 2.05) is 24.3 Å². The Labute approximate surface area is 126 Å². The van der Waals surface area contributed by atoms with Crippen LogP contribution >= 0.6 is 12.2 Å². The number of furan rings is 1. The van der Waals surface area contributed by atoms with Gasteiger partial charge in [-0.1, -0.05) is 30.4 Å². The molecular formula is C16H12N2O2S. The summed E-state index contributed by atoms with van der Waals surface area (Å²) in [6.45, 7) is 0. The third-order valence-corrected chi connectivity index (χ3v) is 3.31. The fourth-order valence-corrected chi connectivity index (χ4v) is 2.14. The SMILES string of the molecule is NC(=S)c1ccc(NC(=O)c2cc3ccccc3o2)cc1. The second kappa shape index (κ2) is 5.38. The zero-order valence-corrected chi connectivity index (χ0v) is 11.8. The molecule has 0 radical (unpaired) electrons. The van der Waals surface area contributed by atoms with Crippen molar-refractivity contribution in [1.29, 1.82) is 0 Å². The van der Waals surface area contributed by atoms with Crippen molar-refractivity contribution in [3.05, 3.63) is 65.9 Å². The predicted octanol–water partition coefficient (Wildman–Crippen LogP) is 3.32. The van der Waals surface area contributed by atoms with Crippen molar-refractivity contribution in [2.75, 3.05) is 5.32 Å². The number of thiocarbonyl (C=S) groups is 1. The highest BCUT2D eigenvalue weighted by molar-refractivity contribution is 7.80. The number of hydrogen-bond acceptors (Lipinski definition) is 3. The molecule has 0 spiro atoms. The Balaban J connectivity index is 1.80. The van der Waals surface area contributed by atoms with Gasteiger partial charge < -0.3 is 15.5 Å². The van der Waals surface area contributed by atoms with Crippen LogP contribution in [0.1, 0.15) is 16.1 Å². The number of carbonyl (C=O) groups is 1. The van der Waals surface area contributed by atoms with Crippen LogP contribution in [-0.2, 0) is 0 Å². The smallest absolute Gasteiger partial charge is 0.291 e. The highest BCUT2D eigenvalue weighted by Crippen LogP contribution is 2.20. The number of nitrogens with one attached hydrogen (secondary N) is 1. The van der Waals surface area contributed by atoms with E-state index in [0.717, 1.165) is 10.9 Å². The highest BCUT2D eigenvalue weighted by atomic mass is 32.1.